The first-order valence-electron chi connectivity index (χ1n) is 9.91. The Kier molecular flexibility index (Phi) is 5.98. The highest BCUT2D eigenvalue weighted by Gasteiger charge is 2.30. The van der Waals surface area contributed by atoms with Gasteiger partial charge in [-0.2, -0.15) is 0 Å². The number of carbonyl (C=O) groups is 1. The maximum atomic E-state index is 13.2. The van der Waals surface area contributed by atoms with Crippen LogP contribution in [0.5, 0.6) is 0 Å². The van der Waals surface area contributed by atoms with E-state index in [4.69, 9.17) is 0 Å². The number of carbonyl (C=O) groups excluding carboxylic acids is 1. The lowest BCUT2D eigenvalue weighted by Gasteiger charge is -2.31. The van der Waals surface area contributed by atoms with Crippen molar-refractivity contribution < 1.29 is 13.2 Å². The third-order valence-electron chi connectivity index (χ3n) is 5.72. The molecule has 0 radical (unpaired) electrons. The van der Waals surface area contributed by atoms with Crippen LogP contribution >= 0.6 is 0 Å². The maximum Gasteiger partial charge on any atom is 0.268 e. The smallest absolute Gasteiger partial charge is 0.268 e. The zero-order valence-electron chi connectivity index (χ0n) is 17.4. The van der Waals surface area contributed by atoms with Crippen molar-refractivity contribution in [3.63, 3.8) is 0 Å². The largest absolute Gasteiger partial charge is 0.338 e. The minimum atomic E-state index is -3.01. The van der Waals surface area contributed by atoms with Crippen LogP contribution in [0.2, 0.25) is 0 Å². The molecule has 2 aromatic rings. The summed E-state index contributed by atoms with van der Waals surface area (Å²) >= 11 is 0. The van der Waals surface area contributed by atoms with E-state index in [9.17, 15) is 18.0 Å². The number of aryl methyl sites for hydroxylation is 1. The molecule has 0 spiro atoms. The van der Waals surface area contributed by atoms with Gasteiger partial charge in [0, 0.05) is 25.0 Å². The Morgan fingerprint density at radius 2 is 1.83 bits per heavy atom. The number of pyridine rings is 1. The molecule has 29 heavy (non-hydrogen) atoms. The molecule has 1 aliphatic rings. The lowest BCUT2D eigenvalue weighted by Crippen LogP contribution is -2.44. The van der Waals surface area contributed by atoms with Gasteiger partial charge in [-0.15, -0.1) is 0 Å². The van der Waals surface area contributed by atoms with E-state index in [0.717, 1.165) is 11.3 Å². The average molecular weight is 417 g/mol. The number of rotatable bonds is 4. The maximum absolute atomic E-state index is 13.2. The summed E-state index contributed by atoms with van der Waals surface area (Å²) in [6.45, 7) is 5.93. The van der Waals surface area contributed by atoms with Crippen molar-refractivity contribution >= 4 is 15.7 Å². The quantitative estimate of drug-likeness (QED) is 0.768. The summed E-state index contributed by atoms with van der Waals surface area (Å²) in [5, 5.41) is 0. The van der Waals surface area contributed by atoms with Gasteiger partial charge in [0.2, 0.25) is 0 Å². The van der Waals surface area contributed by atoms with Gasteiger partial charge in [-0.1, -0.05) is 26.0 Å². The molecule has 0 saturated carbocycles. The van der Waals surface area contributed by atoms with E-state index in [2.05, 4.69) is 13.8 Å². The normalized spacial score (nSPS) is 16.7. The second-order valence-electron chi connectivity index (χ2n) is 8.10. The molecule has 3 rings (SSSR count). The lowest BCUT2D eigenvalue weighted by molar-refractivity contribution is 0.0719. The van der Waals surface area contributed by atoms with Crippen LogP contribution in [-0.4, -0.2) is 48.4 Å². The van der Waals surface area contributed by atoms with E-state index in [1.165, 1.54) is 9.47 Å². The highest BCUT2D eigenvalue weighted by Crippen LogP contribution is 2.20. The van der Waals surface area contributed by atoms with Crippen molar-refractivity contribution in [2.24, 2.45) is 0 Å². The lowest BCUT2D eigenvalue weighted by atomic mass is 10.0. The van der Waals surface area contributed by atoms with Crippen molar-refractivity contribution in [3.8, 4) is 5.69 Å². The van der Waals surface area contributed by atoms with E-state index >= 15 is 0 Å². The SMILES string of the molecule is Cc1ccn(-c2cccc(C(C)C)c2)c(=O)c1C(=O)N(C)C1CCS(=O)(=O)CC1. The molecule has 7 heteroatoms. The zero-order chi connectivity index (χ0) is 21.3. The number of hydrogen-bond donors (Lipinski definition) is 0. The van der Waals surface area contributed by atoms with Crippen LogP contribution in [0.4, 0.5) is 0 Å². The first kappa shape index (κ1) is 21.3. The van der Waals surface area contributed by atoms with Crippen molar-refractivity contribution in [1.82, 2.24) is 9.47 Å². The average Bonchev–Trinajstić information content (AvgIpc) is 2.67. The summed E-state index contributed by atoms with van der Waals surface area (Å²) in [7, 11) is -1.36. The van der Waals surface area contributed by atoms with Crippen molar-refractivity contribution in [3.05, 3.63) is 63.6 Å². The van der Waals surface area contributed by atoms with Crippen LogP contribution in [0.25, 0.3) is 5.69 Å². The summed E-state index contributed by atoms with van der Waals surface area (Å²) < 4.78 is 24.9. The Bertz CT molecular complexity index is 1070. The van der Waals surface area contributed by atoms with Gasteiger partial charge >= 0.3 is 0 Å². The second-order valence-corrected chi connectivity index (χ2v) is 10.4. The topological polar surface area (TPSA) is 76.5 Å². The number of nitrogens with zero attached hydrogens (tertiary/aromatic N) is 2. The van der Waals surface area contributed by atoms with Crippen LogP contribution in [-0.2, 0) is 9.84 Å². The van der Waals surface area contributed by atoms with Crippen LogP contribution in [0.15, 0.2) is 41.3 Å². The summed E-state index contributed by atoms with van der Waals surface area (Å²) in [5.41, 5.74) is 2.24. The van der Waals surface area contributed by atoms with Crippen LogP contribution in [0.1, 0.15) is 54.1 Å². The Labute approximate surface area is 172 Å². The summed E-state index contributed by atoms with van der Waals surface area (Å²) in [6.07, 6.45) is 2.50. The van der Waals surface area contributed by atoms with Gasteiger partial charge in [-0.25, -0.2) is 8.42 Å². The highest BCUT2D eigenvalue weighted by molar-refractivity contribution is 7.91. The molecule has 1 aliphatic heterocycles. The highest BCUT2D eigenvalue weighted by atomic mass is 32.2. The molecule has 1 fully saturated rings. The van der Waals surface area contributed by atoms with Gasteiger partial charge in [0.05, 0.1) is 11.5 Å². The zero-order valence-corrected chi connectivity index (χ0v) is 18.2. The molecule has 2 heterocycles. The predicted octanol–water partition coefficient (Wildman–Crippen LogP) is 2.92. The number of sulfone groups is 1. The molecule has 0 bridgehead atoms. The van der Waals surface area contributed by atoms with E-state index in [-0.39, 0.29) is 34.6 Å². The Morgan fingerprint density at radius 3 is 2.45 bits per heavy atom. The van der Waals surface area contributed by atoms with Gasteiger partial charge in [0.1, 0.15) is 15.4 Å². The first-order chi connectivity index (χ1) is 13.6. The van der Waals surface area contributed by atoms with Crippen molar-refractivity contribution in [1.29, 1.82) is 0 Å². The van der Waals surface area contributed by atoms with E-state index in [1.807, 2.05) is 24.3 Å². The molecule has 6 nitrogen and oxygen atoms in total. The molecule has 1 amide bonds. The third kappa shape index (κ3) is 4.45. The van der Waals surface area contributed by atoms with Crippen LogP contribution in [0, 0.1) is 6.92 Å². The van der Waals surface area contributed by atoms with Gasteiger partial charge in [-0.3, -0.25) is 14.2 Å². The minimum absolute atomic E-state index is 0.0787. The molecule has 1 aromatic heterocycles. The molecule has 0 atom stereocenters. The molecule has 0 N–H and O–H groups in total. The molecular weight excluding hydrogens is 388 g/mol. The number of hydrogen-bond acceptors (Lipinski definition) is 4. The van der Waals surface area contributed by atoms with Crippen molar-refractivity contribution in [2.75, 3.05) is 18.6 Å². The van der Waals surface area contributed by atoms with Crippen LogP contribution < -0.4 is 5.56 Å². The van der Waals surface area contributed by atoms with E-state index in [0.29, 0.717) is 24.3 Å². The fourth-order valence-corrected chi connectivity index (χ4v) is 5.20. The molecule has 0 unspecified atom stereocenters. The molecule has 1 aromatic carbocycles. The summed E-state index contributed by atoms with van der Waals surface area (Å²) in [6, 6.07) is 9.34. The predicted molar refractivity (Wildman–Crippen MR) is 115 cm³/mol. The standard InChI is InChI=1S/C22H28N2O4S/c1-15(2)17-6-5-7-19(14-17)24-11-8-16(3)20(22(24)26)21(25)23(4)18-9-12-29(27,28)13-10-18/h5-8,11,14-15,18H,9-10,12-13H2,1-4H3. The van der Waals surface area contributed by atoms with Gasteiger partial charge < -0.3 is 4.90 Å². The van der Waals surface area contributed by atoms with E-state index in [1.54, 1.807) is 26.2 Å². The minimum Gasteiger partial charge on any atom is -0.338 e. The number of amides is 1. The van der Waals surface area contributed by atoms with Gasteiger partial charge in [0.25, 0.3) is 11.5 Å². The Morgan fingerprint density at radius 1 is 1.17 bits per heavy atom. The monoisotopic (exact) mass is 416 g/mol. The second kappa shape index (κ2) is 8.14. The third-order valence-corrected chi connectivity index (χ3v) is 7.44. The molecule has 0 aliphatic carbocycles. The fraction of sp³-hybridized carbons (Fsp3) is 0.455. The number of aromatic nitrogens is 1. The van der Waals surface area contributed by atoms with E-state index < -0.39 is 9.84 Å². The summed E-state index contributed by atoms with van der Waals surface area (Å²) in [4.78, 5) is 27.9. The molecule has 156 valence electrons. The Balaban J connectivity index is 1.96. The summed E-state index contributed by atoms with van der Waals surface area (Å²) in [5.74, 6) is 0.127. The van der Waals surface area contributed by atoms with Gasteiger partial charge in [-0.05, 0) is 55.0 Å². The number of benzene rings is 1. The van der Waals surface area contributed by atoms with Crippen LogP contribution in [0.3, 0.4) is 0 Å². The molecular formula is C22H28N2O4S. The van der Waals surface area contributed by atoms with Crippen molar-refractivity contribution in [2.45, 2.75) is 45.6 Å². The first-order valence-corrected chi connectivity index (χ1v) is 11.7. The Hall–Kier alpha value is -2.41. The molecule has 1 saturated heterocycles. The van der Waals surface area contributed by atoms with Gasteiger partial charge in [0.15, 0.2) is 0 Å². The fourth-order valence-electron chi connectivity index (χ4n) is 3.73.